The van der Waals surface area contributed by atoms with E-state index in [1.165, 1.54) is 6.26 Å². The Morgan fingerprint density at radius 1 is 1.32 bits per heavy atom. The quantitative estimate of drug-likeness (QED) is 0.907. The molecule has 0 aliphatic rings. The van der Waals surface area contributed by atoms with Crippen molar-refractivity contribution in [2.24, 2.45) is 0 Å². The minimum absolute atomic E-state index is 0.147. The van der Waals surface area contributed by atoms with Crippen LogP contribution in [0.5, 0.6) is 0 Å². The maximum absolute atomic E-state index is 12.3. The highest BCUT2D eigenvalue weighted by Crippen LogP contribution is 2.21. The highest BCUT2D eigenvalue weighted by Gasteiger charge is 2.18. The molecule has 4 nitrogen and oxygen atoms in total. The van der Waals surface area contributed by atoms with Gasteiger partial charge in [-0.05, 0) is 42.3 Å². The Morgan fingerprint density at radius 2 is 2.11 bits per heavy atom. The molecule has 0 bridgehead atoms. The summed E-state index contributed by atoms with van der Waals surface area (Å²) >= 11 is 3.34. The maximum Gasteiger partial charge on any atom is 0.241 e. The van der Waals surface area contributed by atoms with Crippen molar-refractivity contribution in [1.29, 1.82) is 0 Å². The zero-order chi connectivity index (χ0) is 13.9. The first-order valence-electron chi connectivity index (χ1n) is 5.83. The average Bonchev–Trinajstić information content (AvgIpc) is 2.89. The van der Waals surface area contributed by atoms with Gasteiger partial charge in [0.2, 0.25) is 10.0 Å². The van der Waals surface area contributed by atoms with E-state index in [9.17, 15) is 8.42 Å². The van der Waals surface area contributed by atoms with Crippen molar-refractivity contribution in [3.63, 3.8) is 0 Å². The molecule has 0 atom stereocenters. The molecule has 0 aliphatic carbocycles. The Labute approximate surface area is 121 Å². The van der Waals surface area contributed by atoms with Crippen LogP contribution in [0.2, 0.25) is 0 Å². The summed E-state index contributed by atoms with van der Waals surface area (Å²) in [5, 5.41) is 0. The number of halogens is 1. The molecule has 1 aromatic heterocycles. The summed E-state index contributed by atoms with van der Waals surface area (Å²) in [5.74, 6) is 0.582. The average molecular weight is 344 g/mol. The minimum Gasteiger partial charge on any atom is -0.468 e. The predicted molar refractivity (Wildman–Crippen MR) is 76.3 cm³/mol. The van der Waals surface area contributed by atoms with Gasteiger partial charge in [0.25, 0.3) is 0 Å². The molecule has 2 aromatic rings. The fourth-order valence-corrected chi connectivity index (χ4v) is 3.44. The van der Waals surface area contributed by atoms with Crippen molar-refractivity contribution in [2.75, 3.05) is 0 Å². The molecule has 6 heteroatoms. The van der Waals surface area contributed by atoms with Gasteiger partial charge in [-0.3, -0.25) is 0 Å². The zero-order valence-corrected chi connectivity index (χ0v) is 12.8. The van der Waals surface area contributed by atoms with Crippen molar-refractivity contribution >= 4 is 26.0 Å². The lowest BCUT2D eigenvalue weighted by Gasteiger charge is -2.10. The lowest BCUT2D eigenvalue weighted by atomic mass is 10.2. The van der Waals surface area contributed by atoms with Crippen molar-refractivity contribution in [1.82, 2.24) is 4.72 Å². The number of rotatable bonds is 5. The van der Waals surface area contributed by atoms with E-state index in [0.29, 0.717) is 17.1 Å². The molecule has 0 aliphatic heterocycles. The first-order valence-corrected chi connectivity index (χ1v) is 8.11. The largest absolute Gasteiger partial charge is 0.468 e. The number of hydrogen-bond donors (Lipinski definition) is 1. The van der Waals surface area contributed by atoms with Gasteiger partial charge in [0, 0.05) is 4.47 Å². The van der Waals surface area contributed by atoms with Gasteiger partial charge in [-0.25, -0.2) is 13.1 Å². The van der Waals surface area contributed by atoms with Crippen molar-refractivity contribution < 1.29 is 12.8 Å². The number of sulfonamides is 1. The van der Waals surface area contributed by atoms with Crippen molar-refractivity contribution in [3.8, 4) is 0 Å². The minimum atomic E-state index is -3.53. The third-order valence-electron chi connectivity index (χ3n) is 2.71. The van der Waals surface area contributed by atoms with E-state index in [4.69, 9.17) is 4.42 Å². The van der Waals surface area contributed by atoms with E-state index in [1.807, 2.05) is 13.0 Å². The standard InChI is InChI=1S/C13H14BrNO3S/c1-2-10-8-11(14)5-6-13(10)19(16,17)15-9-12-4-3-7-18-12/h3-8,15H,2,9H2,1H3. The van der Waals surface area contributed by atoms with Gasteiger partial charge in [0.15, 0.2) is 0 Å². The summed E-state index contributed by atoms with van der Waals surface area (Å²) in [6.07, 6.45) is 2.16. The summed E-state index contributed by atoms with van der Waals surface area (Å²) in [4.78, 5) is 0.310. The fraction of sp³-hybridized carbons (Fsp3) is 0.231. The van der Waals surface area contributed by atoms with Gasteiger partial charge in [-0.15, -0.1) is 0 Å². The highest BCUT2D eigenvalue weighted by atomic mass is 79.9. The molecule has 0 radical (unpaired) electrons. The Morgan fingerprint density at radius 3 is 2.74 bits per heavy atom. The smallest absolute Gasteiger partial charge is 0.241 e. The fourth-order valence-electron chi connectivity index (χ4n) is 1.74. The second kappa shape index (κ2) is 5.90. The van der Waals surface area contributed by atoms with Gasteiger partial charge in [-0.2, -0.15) is 0 Å². The molecule has 0 spiro atoms. The van der Waals surface area contributed by atoms with E-state index < -0.39 is 10.0 Å². The van der Waals surface area contributed by atoms with Crippen LogP contribution in [0, 0.1) is 0 Å². The van der Waals surface area contributed by atoms with Crippen LogP contribution < -0.4 is 4.72 Å². The Bertz CT molecular complexity index is 651. The molecule has 1 aromatic carbocycles. The van der Waals surface area contributed by atoms with Crippen LogP contribution in [0.25, 0.3) is 0 Å². The summed E-state index contributed by atoms with van der Waals surface area (Å²) in [6.45, 7) is 2.07. The summed E-state index contributed by atoms with van der Waals surface area (Å²) in [5.41, 5.74) is 0.779. The lowest BCUT2D eigenvalue weighted by molar-refractivity contribution is 0.498. The second-order valence-corrected chi connectivity index (χ2v) is 6.66. The molecule has 0 unspecified atom stereocenters. The van der Waals surface area contributed by atoms with Crippen LogP contribution >= 0.6 is 15.9 Å². The van der Waals surface area contributed by atoms with Crippen molar-refractivity contribution in [3.05, 3.63) is 52.4 Å². The van der Waals surface area contributed by atoms with Crippen molar-refractivity contribution in [2.45, 2.75) is 24.8 Å². The van der Waals surface area contributed by atoms with E-state index in [0.717, 1.165) is 10.0 Å². The van der Waals surface area contributed by atoms with E-state index >= 15 is 0 Å². The zero-order valence-electron chi connectivity index (χ0n) is 10.4. The molecule has 102 valence electrons. The monoisotopic (exact) mass is 343 g/mol. The van der Waals surface area contributed by atoms with Gasteiger partial charge < -0.3 is 4.42 Å². The molecule has 0 saturated carbocycles. The van der Waals surface area contributed by atoms with Crippen LogP contribution in [0.15, 0.2) is 50.4 Å². The van der Waals surface area contributed by atoms with Crippen LogP contribution in [-0.4, -0.2) is 8.42 Å². The van der Waals surface area contributed by atoms with Crippen LogP contribution in [0.1, 0.15) is 18.2 Å². The third-order valence-corrected chi connectivity index (χ3v) is 4.70. The normalized spacial score (nSPS) is 11.7. The molecule has 0 saturated heterocycles. The number of aryl methyl sites for hydroxylation is 1. The lowest BCUT2D eigenvalue weighted by Crippen LogP contribution is -2.24. The Balaban J connectivity index is 2.24. The molecule has 0 fully saturated rings. The van der Waals surface area contributed by atoms with Crippen LogP contribution in [-0.2, 0) is 23.0 Å². The summed E-state index contributed by atoms with van der Waals surface area (Å²) in [6, 6.07) is 8.60. The maximum atomic E-state index is 12.3. The second-order valence-electron chi connectivity index (χ2n) is 4.01. The van der Waals surface area contributed by atoms with E-state index in [2.05, 4.69) is 20.7 Å². The summed E-state index contributed by atoms with van der Waals surface area (Å²) < 4.78 is 33.0. The Kier molecular flexibility index (Phi) is 4.44. The third kappa shape index (κ3) is 3.46. The van der Waals surface area contributed by atoms with E-state index in [-0.39, 0.29) is 6.54 Å². The number of furan rings is 1. The van der Waals surface area contributed by atoms with E-state index in [1.54, 1.807) is 24.3 Å². The molecule has 1 N–H and O–H groups in total. The SMILES string of the molecule is CCc1cc(Br)ccc1S(=O)(=O)NCc1ccco1. The predicted octanol–water partition coefficient (Wildman–Crippen LogP) is 3.08. The molecule has 2 rings (SSSR count). The first kappa shape index (κ1) is 14.3. The van der Waals surface area contributed by atoms with Crippen LogP contribution in [0.4, 0.5) is 0 Å². The molecular weight excluding hydrogens is 330 g/mol. The Hall–Kier alpha value is -1.11. The highest BCUT2D eigenvalue weighted by molar-refractivity contribution is 9.10. The molecule has 1 heterocycles. The van der Waals surface area contributed by atoms with Gasteiger partial charge >= 0.3 is 0 Å². The number of nitrogens with one attached hydrogen (secondary N) is 1. The van der Waals surface area contributed by atoms with Gasteiger partial charge in [0.1, 0.15) is 5.76 Å². The van der Waals surface area contributed by atoms with Gasteiger partial charge in [0.05, 0.1) is 17.7 Å². The number of benzene rings is 1. The topological polar surface area (TPSA) is 59.3 Å². The number of hydrogen-bond acceptors (Lipinski definition) is 3. The molecular formula is C13H14BrNO3S. The molecule has 19 heavy (non-hydrogen) atoms. The van der Waals surface area contributed by atoms with Gasteiger partial charge in [-0.1, -0.05) is 22.9 Å². The van der Waals surface area contributed by atoms with Crippen LogP contribution in [0.3, 0.4) is 0 Å². The first-order chi connectivity index (χ1) is 9.03. The molecule has 0 amide bonds. The summed E-state index contributed by atoms with van der Waals surface area (Å²) in [7, 11) is -3.53.